The van der Waals surface area contributed by atoms with Crippen molar-refractivity contribution in [3.8, 4) is 0 Å². The predicted octanol–water partition coefficient (Wildman–Crippen LogP) is 17.3. The molecular weight excluding hydrogens is 970 g/mol. The molecule has 0 aliphatic rings. The minimum atomic E-state index is 0. The van der Waals surface area contributed by atoms with Gasteiger partial charge in [0.25, 0.3) is 0 Å². The Morgan fingerprint density at radius 3 is 1.17 bits per heavy atom. The number of aryl methyl sites for hydroxylation is 1. The zero-order valence-corrected chi connectivity index (χ0v) is 45.2. The van der Waals surface area contributed by atoms with E-state index in [-0.39, 0.29) is 161 Å². The first kappa shape index (κ1) is 93.2. The zero-order valence-electron chi connectivity index (χ0n) is 38.0. The van der Waals surface area contributed by atoms with Gasteiger partial charge >= 0.3 is 0 Å². The fourth-order valence-corrected chi connectivity index (χ4v) is 4.44. The minimum absolute atomic E-state index is 0. The fraction of sp³-hybridized carbons (Fsp3) is 0.176. The molecule has 0 spiro atoms. The molecule has 0 bridgehead atoms. The van der Waals surface area contributed by atoms with Crippen molar-refractivity contribution in [1.29, 1.82) is 0 Å². The standard InChI is InChI=1S/C14H17.C13H15.2C5H5.14CH3.2Hf/c1-2-3-4-7-12-10-11-13-8-5-6-9-14(12)13;1-13(2,3)12-9-8-10-6-4-5-7-11(10)12;2*1-2-4-5-3-1;;;;;;;;;;;;;;;;/h5-6,8-11H,2-4,7H2,1H3;4-9H,1-3H3;2*1-5H;14*1H3;;/q18*-1;;. The molecule has 0 heterocycles. The summed E-state index contributed by atoms with van der Waals surface area (Å²) in [5.41, 5.74) is 3.22. The van der Waals surface area contributed by atoms with Gasteiger partial charge in [0, 0.05) is 51.7 Å². The zero-order chi connectivity index (χ0) is 26.3. The third-order valence-corrected chi connectivity index (χ3v) is 6.42. The average Bonchev–Trinajstić information content (AvgIpc) is 3.73. The molecule has 0 saturated carbocycles. The largest absolute Gasteiger partial charge is 0.358 e. The Labute approximate surface area is 377 Å². The van der Waals surface area contributed by atoms with Crippen LogP contribution in [0, 0.1) is 104 Å². The second-order valence-corrected chi connectivity index (χ2v) is 10.4. The Bertz CT molecular complexity index is 1300. The van der Waals surface area contributed by atoms with Crippen LogP contribution in [-0.4, -0.2) is 0 Å². The minimum Gasteiger partial charge on any atom is -0.358 e. The molecule has 0 nitrogen and oxygen atoms in total. The molecule has 0 radical (unpaired) electrons. The second kappa shape index (κ2) is 52.2. The number of unbranched alkanes of at least 4 members (excludes halogenated alkanes) is 2. The molecule has 2 heteroatoms. The number of benzene rings is 2. The molecule has 0 fully saturated rings. The average molecular weight is 1050 g/mol. The van der Waals surface area contributed by atoms with Gasteiger partial charge in [0.1, 0.15) is 0 Å². The van der Waals surface area contributed by atoms with Crippen LogP contribution in [-0.2, 0) is 63.5 Å². The van der Waals surface area contributed by atoms with E-state index in [0.717, 1.165) is 0 Å². The Kier molecular flexibility index (Phi) is 91.8. The van der Waals surface area contributed by atoms with Crippen LogP contribution in [0.15, 0.2) is 133 Å². The summed E-state index contributed by atoms with van der Waals surface area (Å²) in [4.78, 5) is 0. The molecule has 0 saturated heterocycles. The van der Waals surface area contributed by atoms with Crippen LogP contribution in [0.5, 0.6) is 0 Å². The Hall–Kier alpha value is -1.90. The van der Waals surface area contributed by atoms with E-state index in [1.807, 2.05) is 60.7 Å². The van der Waals surface area contributed by atoms with Gasteiger partial charge in [-0.2, -0.15) is 48.5 Å². The van der Waals surface area contributed by atoms with Crippen molar-refractivity contribution in [3.63, 3.8) is 0 Å². The monoisotopic (exact) mass is 1060 g/mol. The van der Waals surface area contributed by atoms with Gasteiger partial charge in [-0.05, 0) is 5.41 Å². The quantitative estimate of drug-likeness (QED) is 0.0938. The van der Waals surface area contributed by atoms with Gasteiger partial charge in [-0.1, -0.05) is 65.5 Å². The Morgan fingerprint density at radius 2 is 0.811 bits per heavy atom. The van der Waals surface area contributed by atoms with Crippen molar-refractivity contribution in [2.45, 2.75) is 58.8 Å². The van der Waals surface area contributed by atoms with E-state index in [9.17, 15) is 0 Å². The van der Waals surface area contributed by atoms with Crippen LogP contribution >= 0.6 is 0 Å². The van der Waals surface area contributed by atoms with Crippen LogP contribution in [0.2, 0.25) is 0 Å². The second-order valence-electron chi connectivity index (χ2n) is 10.4. The maximum atomic E-state index is 2.28. The molecule has 6 aromatic carbocycles. The molecule has 0 aromatic heterocycles. The number of hydrogen-bond donors (Lipinski definition) is 0. The third-order valence-electron chi connectivity index (χ3n) is 6.42. The van der Waals surface area contributed by atoms with E-state index >= 15 is 0 Å². The molecule has 0 N–H and O–H groups in total. The van der Waals surface area contributed by atoms with Gasteiger partial charge in [-0.3, -0.25) is 0 Å². The van der Waals surface area contributed by atoms with Crippen LogP contribution < -0.4 is 0 Å². The number of fused-ring (bicyclic) bond motifs is 2. The van der Waals surface area contributed by atoms with Gasteiger partial charge in [0.15, 0.2) is 0 Å². The van der Waals surface area contributed by atoms with E-state index in [1.54, 1.807) is 0 Å². The molecule has 314 valence electrons. The fourth-order valence-electron chi connectivity index (χ4n) is 4.44. The summed E-state index contributed by atoms with van der Waals surface area (Å²) in [6, 6.07) is 46.2. The van der Waals surface area contributed by atoms with Gasteiger partial charge in [-0.25, -0.2) is 24.3 Å². The van der Waals surface area contributed by atoms with Gasteiger partial charge in [-0.15, -0.1) is 81.2 Å². The van der Waals surface area contributed by atoms with Crippen molar-refractivity contribution in [3.05, 3.63) is 249 Å². The SMILES string of the molecule is CC(C)(C)[c-]1ccc2ccccc21.CCCCC[c-]1ccc2ccccc21.[CH3-].[CH3-].[CH3-].[CH3-].[CH3-].[CH3-].[CH3-].[CH3-].[CH3-].[CH3-].[CH3-].[CH3-].[CH3-].[CH3-].[Hf].[Hf].c1cc[cH-]c1.c1cc[cH-]c1. The van der Waals surface area contributed by atoms with Crippen LogP contribution in [0.3, 0.4) is 0 Å². The van der Waals surface area contributed by atoms with Crippen molar-refractivity contribution in [1.82, 2.24) is 0 Å². The van der Waals surface area contributed by atoms with Crippen molar-refractivity contribution in [2.75, 3.05) is 0 Å². The summed E-state index contributed by atoms with van der Waals surface area (Å²) in [6.07, 6.45) is 5.21. The van der Waals surface area contributed by atoms with Gasteiger partial charge in [0.05, 0.1) is 0 Å². The predicted molar refractivity (Wildman–Crippen MR) is 255 cm³/mol. The molecule has 0 atom stereocenters. The molecule has 6 rings (SSSR count). The van der Waals surface area contributed by atoms with E-state index < -0.39 is 0 Å². The van der Waals surface area contributed by atoms with Crippen LogP contribution in [0.1, 0.15) is 58.1 Å². The van der Waals surface area contributed by atoms with E-state index in [4.69, 9.17) is 0 Å². The molecular formula is C51H84Hf2-18. The normalized spacial score (nSPS) is 7.40. The number of rotatable bonds is 4. The van der Waals surface area contributed by atoms with Gasteiger partial charge < -0.3 is 104 Å². The summed E-state index contributed by atoms with van der Waals surface area (Å²) in [6.45, 7) is 9.03. The third kappa shape index (κ3) is 33.2. The van der Waals surface area contributed by atoms with Crippen molar-refractivity contribution in [2.24, 2.45) is 0 Å². The van der Waals surface area contributed by atoms with Crippen LogP contribution in [0.4, 0.5) is 0 Å². The first-order valence-corrected chi connectivity index (χ1v) is 13.6. The topological polar surface area (TPSA) is 0 Å². The van der Waals surface area contributed by atoms with Crippen LogP contribution in [0.25, 0.3) is 21.5 Å². The summed E-state index contributed by atoms with van der Waals surface area (Å²) in [5.74, 6) is 0. The molecule has 53 heavy (non-hydrogen) atoms. The van der Waals surface area contributed by atoms with Crippen molar-refractivity contribution >= 4 is 21.5 Å². The Balaban J connectivity index is -0.0000000306. The molecule has 0 unspecified atom stereocenters. The maximum Gasteiger partial charge on any atom is 0 e. The maximum absolute atomic E-state index is 2.28. The smallest absolute Gasteiger partial charge is 0 e. The molecule has 0 aliphatic heterocycles. The Morgan fingerprint density at radius 1 is 0.453 bits per heavy atom. The van der Waals surface area contributed by atoms with Crippen molar-refractivity contribution < 1.29 is 51.7 Å². The summed E-state index contributed by atoms with van der Waals surface area (Å²) in [5, 5.41) is 5.59. The summed E-state index contributed by atoms with van der Waals surface area (Å²) in [7, 11) is 0. The van der Waals surface area contributed by atoms with E-state index in [1.165, 1.54) is 58.4 Å². The first-order valence-electron chi connectivity index (χ1n) is 13.6. The molecule has 0 aliphatic carbocycles. The van der Waals surface area contributed by atoms with E-state index in [0.29, 0.717) is 0 Å². The number of hydrogen-bond acceptors (Lipinski definition) is 0. The van der Waals surface area contributed by atoms with Gasteiger partial charge in [0.2, 0.25) is 0 Å². The molecule has 6 aromatic rings. The van der Waals surface area contributed by atoms with E-state index in [2.05, 4.69) is 100 Å². The summed E-state index contributed by atoms with van der Waals surface area (Å²) >= 11 is 0. The first-order chi connectivity index (χ1) is 18.0. The summed E-state index contributed by atoms with van der Waals surface area (Å²) < 4.78 is 0. The molecule has 0 amide bonds.